The van der Waals surface area contributed by atoms with Crippen LogP contribution in [-0.2, 0) is 39.8 Å². The highest BCUT2D eigenvalue weighted by Gasteiger charge is 2.15. The Morgan fingerprint density at radius 2 is 1.38 bits per heavy atom. The summed E-state index contributed by atoms with van der Waals surface area (Å²) in [6.07, 6.45) is 2.07. The Hall–Kier alpha value is -2.81. The van der Waals surface area contributed by atoms with Crippen molar-refractivity contribution in [2.45, 2.75) is 46.3 Å². The quantitative estimate of drug-likeness (QED) is 0.168. The highest BCUT2D eigenvalue weighted by Crippen LogP contribution is 2.09. The Morgan fingerprint density at radius 3 is 1.92 bits per heavy atom. The number of ether oxygens (including phenoxy) is 6. The van der Waals surface area contributed by atoms with E-state index in [-0.39, 0.29) is 12.4 Å². The van der Waals surface area contributed by atoms with Crippen LogP contribution in [0.3, 0.4) is 0 Å². The maximum Gasteiger partial charge on any atom is 0.308 e. The lowest BCUT2D eigenvalue weighted by Gasteiger charge is -2.19. The number of nitrogens with zero attached hydrogens (tertiary/aromatic N) is 3. The molecule has 0 aliphatic rings. The molecule has 0 fully saturated rings. The molecule has 0 amide bonds. The van der Waals surface area contributed by atoms with Crippen molar-refractivity contribution in [2.24, 2.45) is 0 Å². The SMILES string of the molecule is CC#Cc1ccc(-n2cc(COCCOCCOCCOCCOCCC(=O)OC(C)(C)C)nn2)cc1. The number of hydrogen-bond acceptors (Lipinski definition) is 9. The second kappa shape index (κ2) is 17.6. The second-order valence-electron chi connectivity index (χ2n) is 8.91. The topological polar surface area (TPSA) is 103 Å². The third-order valence-corrected chi connectivity index (χ3v) is 4.55. The van der Waals surface area contributed by atoms with Gasteiger partial charge in [0.05, 0.1) is 84.4 Å². The minimum Gasteiger partial charge on any atom is -0.460 e. The molecule has 0 saturated carbocycles. The van der Waals surface area contributed by atoms with Crippen LogP contribution in [0.1, 0.15) is 45.4 Å². The van der Waals surface area contributed by atoms with Crippen molar-refractivity contribution in [3.05, 3.63) is 41.7 Å². The van der Waals surface area contributed by atoms with Gasteiger partial charge in [-0.25, -0.2) is 4.68 Å². The van der Waals surface area contributed by atoms with Crippen molar-refractivity contribution in [3.8, 4) is 17.5 Å². The van der Waals surface area contributed by atoms with E-state index in [4.69, 9.17) is 28.4 Å². The Bertz CT molecular complexity index is 959. The number of hydrogen-bond donors (Lipinski definition) is 0. The normalized spacial score (nSPS) is 11.2. The van der Waals surface area contributed by atoms with E-state index in [0.29, 0.717) is 66.1 Å². The molecule has 0 unspecified atom stereocenters. The van der Waals surface area contributed by atoms with Gasteiger partial charge in [-0.1, -0.05) is 11.1 Å². The minimum absolute atomic E-state index is 0.234. The summed E-state index contributed by atoms with van der Waals surface area (Å²) in [5, 5.41) is 8.27. The van der Waals surface area contributed by atoms with Gasteiger partial charge in [-0.05, 0) is 52.0 Å². The standard InChI is InChI=1S/C27H39N3O7/c1-5-6-23-7-9-25(10-8-23)30-21-24(28-29-30)22-36-20-19-35-18-17-34-16-15-33-14-13-32-12-11-26(31)37-27(2,3)4/h7-10,21H,11-20,22H2,1-4H3. The Balaban J connectivity index is 1.37. The van der Waals surface area contributed by atoms with E-state index in [0.717, 1.165) is 16.9 Å². The van der Waals surface area contributed by atoms with E-state index in [1.807, 2.05) is 58.2 Å². The molecule has 0 bridgehead atoms. The average molecular weight is 518 g/mol. The zero-order valence-electron chi connectivity index (χ0n) is 22.4. The van der Waals surface area contributed by atoms with Crippen molar-refractivity contribution >= 4 is 5.97 Å². The van der Waals surface area contributed by atoms with E-state index in [2.05, 4.69) is 22.2 Å². The predicted octanol–water partition coefficient (Wildman–Crippen LogP) is 2.95. The molecule has 2 rings (SSSR count). The number of rotatable bonds is 18. The smallest absolute Gasteiger partial charge is 0.308 e. The van der Waals surface area contributed by atoms with E-state index in [9.17, 15) is 4.79 Å². The van der Waals surface area contributed by atoms with Crippen LogP contribution in [0.2, 0.25) is 0 Å². The van der Waals surface area contributed by atoms with Gasteiger partial charge in [0.25, 0.3) is 0 Å². The van der Waals surface area contributed by atoms with Gasteiger partial charge in [0.1, 0.15) is 11.3 Å². The molecule has 10 heteroatoms. The molecule has 0 spiro atoms. The molecule has 0 aliphatic carbocycles. The highest BCUT2D eigenvalue weighted by atomic mass is 16.6. The molecule has 2 aromatic rings. The molecule has 0 aliphatic heterocycles. The lowest BCUT2D eigenvalue weighted by Crippen LogP contribution is -2.24. The summed E-state index contributed by atoms with van der Waals surface area (Å²) in [6.45, 7) is 11.7. The van der Waals surface area contributed by atoms with Crippen LogP contribution in [-0.4, -0.2) is 86.0 Å². The first-order valence-corrected chi connectivity index (χ1v) is 12.4. The van der Waals surface area contributed by atoms with Gasteiger partial charge < -0.3 is 28.4 Å². The van der Waals surface area contributed by atoms with E-state index >= 15 is 0 Å². The van der Waals surface area contributed by atoms with Crippen LogP contribution >= 0.6 is 0 Å². The summed E-state index contributed by atoms with van der Waals surface area (Å²) in [7, 11) is 0. The molecule has 0 N–H and O–H groups in total. The fraction of sp³-hybridized carbons (Fsp3) is 0.593. The van der Waals surface area contributed by atoms with Crippen LogP contribution < -0.4 is 0 Å². The fourth-order valence-electron chi connectivity index (χ4n) is 2.94. The molecule has 1 aromatic carbocycles. The van der Waals surface area contributed by atoms with Crippen molar-refractivity contribution in [2.75, 3.05) is 59.5 Å². The molecular weight excluding hydrogens is 478 g/mol. The number of esters is 1. The minimum atomic E-state index is -0.470. The van der Waals surface area contributed by atoms with E-state index < -0.39 is 5.60 Å². The van der Waals surface area contributed by atoms with Crippen molar-refractivity contribution in [1.29, 1.82) is 0 Å². The first-order valence-electron chi connectivity index (χ1n) is 12.4. The predicted molar refractivity (Wildman–Crippen MR) is 137 cm³/mol. The van der Waals surface area contributed by atoms with Gasteiger partial charge >= 0.3 is 5.97 Å². The third-order valence-electron chi connectivity index (χ3n) is 4.55. The lowest BCUT2D eigenvalue weighted by molar-refractivity contribution is -0.156. The average Bonchev–Trinajstić information content (AvgIpc) is 3.32. The van der Waals surface area contributed by atoms with Gasteiger partial charge in [0.15, 0.2) is 0 Å². The molecule has 0 atom stereocenters. The van der Waals surface area contributed by atoms with Gasteiger partial charge in [0, 0.05) is 5.56 Å². The van der Waals surface area contributed by atoms with Crippen molar-refractivity contribution in [1.82, 2.24) is 15.0 Å². The number of carbonyl (C=O) groups excluding carboxylic acids is 1. The first kappa shape index (κ1) is 30.4. The Kier molecular flexibility index (Phi) is 14.5. The highest BCUT2D eigenvalue weighted by molar-refractivity contribution is 5.69. The largest absolute Gasteiger partial charge is 0.460 e. The summed E-state index contributed by atoms with van der Waals surface area (Å²) < 4.78 is 34.3. The zero-order valence-corrected chi connectivity index (χ0v) is 22.4. The van der Waals surface area contributed by atoms with Crippen molar-refractivity contribution < 1.29 is 33.2 Å². The Morgan fingerprint density at radius 1 is 0.838 bits per heavy atom. The van der Waals surface area contributed by atoms with Gasteiger partial charge in [0.2, 0.25) is 0 Å². The molecule has 0 radical (unpaired) electrons. The van der Waals surface area contributed by atoms with Crippen LogP contribution in [0.15, 0.2) is 30.5 Å². The summed E-state index contributed by atoms with van der Waals surface area (Å²) in [5.41, 5.74) is 2.15. The summed E-state index contributed by atoms with van der Waals surface area (Å²) >= 11 is 0. The lowest BCUT2D eigenvalue weighted by atomic mass is 10.2. The summed E-state index contributed by atoms with van der Waals surface area (Å²) in [4.78, 5) is 11.5. The molecular formula is C27H39N3O7. The molecule has 1 aromatic heterocycles. The van der Waals surface area contributed by atoms with Gasteiger partial charge in [-0.15, -0.1) is 11.0 Å². The fourth-order valence-corrected chi connectivity index (χ4v) is 2.94. The zero-order chi connectivity index (χ0) is 26.8. The monoisotopic (exact) mass is 517 g/mol. The van der Waals surface area contributed by atoms with Crippen LogP contribution in [0.4, 0.5) is 0 Å². The molecule has 1 heterocycles. The van der Waals surface area contributed by atoms with Crippen LogP contribution in [0, 0.1) is 11.8 Å². The van der Waals surface area contributed by atoms with E-state index in [1.54, 1.807) is 4.68 Å². The first-order chi connectivity index (χ1) is 17.9. The van der Waals surface area contributed by atoms with Crippen LogP contribution in [0.5, 0.6) is 0 Å². The van der Waals surface area contributed by atoms with Gasteiger partial charge in [-0.2, -0.15) is 0 Å². The molecule has 0 saturated heterocycles. The number of benzene rings is 1. The van der Waals surface area contributed by atoms with Crippen LogP contribution in [0.25, 0.3) is 5.69 Å². The van der Waals surface area contributed by atoms with Gasteiger partial charge in [-0.3, -0.25) is 4.79 Å². The summed E-state index contributed by atoms with van der Waals surface area (Å²) in [6, 6.07) is 7.80. The number of aromatic nitrogens is 3. The third kappa shape index (κ3) is 14.5. The number of carbonyl (C=O) groups is 1. The summed E-state index contributed by atoms with van der Waals surface area (Å²) in [5.74, 6) is 5.63. The Labute approximate surface area is 219 Å². The maximum atomic E-state index is 11.5. The van der Waals surface area contributed by atoms with E-state index in [1.165, 1.54) is 0 Å². The molecule has 10 nitrogen and oxygen atoms in total. The van der Waals surface area contributed by atoms with Crippen molar-refractivity contribution in [3.63, 3.8) is 0 Å². The second-order valence-corrected chi connectivity index (χ2v) is 8.91. The maximum absolute atomic E-state index is 11.5. The molecule has 37 heavy (non-hydrogen) atoms. The molecule has 204 valence electrons.